The highest BCUT2D eigenvalue weighted by molar-refractivity contribution is 8.15. The predicted octanol–water partition coefficient (Wildman–Crippen LogP) is 1.03. The van der Waals surface area contributed by atoms with Crippen LogP contribution in [0, 0.1) is 0 Å². The number of carbonyl (C=O) groups is 1. The minimum absolute atomic E-state index is 0.0785. The van der Waals surface area contributed by atoms with Crippen LogP contribution in [0.15, 0.2) is 29.5 Å². The van der Waals surface area contributed by atoms with E-state index in [-0.39, 0.29) is 11.2 Å². The SMILES string of the molecule is CN(C)C(=O)C1CN=C(c2cccnc2)S1. The van der Waals surface area contributed by atoms with Crippen molar-refractivity contribution in [1.82, 2.24) is 9.88 Å². The Kier molecular flexibility index (Phi) is 3.24. The number of hydrogen-bond donors (Lipinski definition) is 0. The van der Waals surface area contributed by atoms with Crippen molar-refractivity contribution in [2.24, 2.45) is 4.99 Å². The average Bonchev–Trinajstić information content (AvgIpc) is 2.78. The van der Waals surface area contributed by atoms with E-state index in [1.165, 1.54) is 11.8 Å². The predicted molar refractivity (Wildman–Crippen MR) is 65.7 cm³/mol. The first kappa shape index (κ1) is 11.1. The normalized spacial score (nSPS) is 19.4. The van der Waals surface area contributed by atoms with E-state index in [9.17, 15) is 4.79 Å². The zero-order valence-corrected chi connectivity index (χ0v) is 10.1. The minimum atomic E-state index is -0.0785. The molecular weight excluding hydrogens is 222 g/mol. The summed E-state index contributed by atoms with van der Waals surface area (Å²) in [6.07, 6.45) is 3.50. The van der Waals surface area contributed by atoms with Crippen LogP contribution in [-0.2, 0) is 4.79 Å². The van der Waals surface area contributed by atoms with Crippen LogP contribution in [0.25, 0.3) is 0 Å². The van der Waals surface area contributed by atoms with Gasteiger partial charge in [-0.05, 0) is 12.1 Å². The third-order valence-corrected chi connectivity index (χ3v) is 3.50. The van der Waals surface area contributed by atoms with E-state index < -0.39 is 0 Å². The van der Waals surface area contributed by atoms with Crippen molar-refractivity contribution in [1.29, 1.82) is 0 Å². The maximum atomic E-state index is 11.7. The molecule has 0 bridgehead atoms. The van der Waals surface area contributed by atoms with E-state index in [1.54, 1.807) is 31.4 Å². The Morgan fingerprint density at radius 1 is 1.56 bits per heavy atom. The van der Waals surface area contributed by atoms with Crippen LogP contribution in [0.4, 0.5) is 0 Å². The Morgan fingerprint density at radius 3 is 3.00 bits per heavy atom. The fraction of sp³-hybridized carbons (Fsp3) is 0.364. The average molecular weight is 235 g/mol. The van der Waals surface area contributed by atoms with E-state index in [1.807, 2.05) is 12.1 Å². The molecule has 1 aliphatic heterocycles. The van der Waals surface area contributed by atoms with Crippen molar-refractivity contribution >= 4 is 22.7 Å². The molecule has 84 valence electrons. The standard InChI is InChI=1S/C11H13N3OS/c1-14(2)11(15)9-7-13-10(16-9)8-4-3-5-12-6-8/h3-6,9H,7H2,1-2H3. The largest absolute Gasteiger partial charge is 0.348 e. The maximum absolute atomic E-state index is 11.7. The zero-order valence-electron chi connectivity index (χ0n) is 9.25. The van der Waals surface area contributed by atoms with Gasteiger partial charge in [0.25, 0.3) is 0 Å². The number of hydrogen-bond acceptors (Lipinski definition) is 4. The molecule has 0 fully saturated rings. The number of aliphatic imine (C=N–C) groups is 1. The Labute approximate surface area is 98.8 Å². The van der Waals surface area contributed by atoms with Gasteiger partial charge in [-0.1, -0.05) is 11.8 Å². The van der Waals surface area contributed by atoms with Crippen LogP contribution >= 0.6 is 11.8 Å². The highest BCUT2D eigenvalue weighted by atomic mass is 32.2. The van der Waals surface area contributed by atoms with Gasteiger partial charge in [0.2, 0.25) is 5.91 Å². The molecule has 0 aromatic carbocycles. The first-order chi connectivity index (χ1) is 7.68. The van der Waals surface area contributed by atoms with Crippen LogP contribution in [0.1, 0.15) is 5.56 Å². The molecule has 0 N–H and O–H groups in total. The van der Waals surface area contributed by atoms with Crippen molar-refractivity contribution < 1.29 is 4.79 Å². The molecule has 4 nitrogen and oxygen atoms in total. The van der Waals surface area contributed by atoms with E-state index in [0.717, 1.165) is 10.6 Å². The van der Waals surface area contributed by atoms with Gasteiger partial charge in [-0.25, -0.2) is 0 Å². The van der Waals surface area contributed by atoms with Crippen molar-refractivity contribution in [3.8, 4) is 0 Å². The number of amides is 1. The molecule has 1 amide bonds. The lowest BCUT2D eigenvalue weighted by atomic mass is 10.3. The Balaban J connectivity index is 2.06. The third-order valence-electron chi connectivity index (χ3n) is 2.28. The molecule has 2 heterocycles. The lowest BCUT2D eigenvalue weighted by Gasteiger charge is -2.14. The fourth-order valence-electron chi connectivity index (χ4n) is 1.44. The second kappa shape index (κ2) is 4.65. The highest BCUT2D eigenvalue weighted by Gasteiger charge is 2.28. The summed E-state index contributed by atoms with van der Waals surface area (Å²) >= 11 is 1.52. The Bertz CT molecular complexity index is 416. The van der Waals surface area contributed by atoms with Gasteiger partial charge in [-0.3, -0.25) is 14.8 Å². The number of rotatable bonds is 2. The van der Waals surface area contributed by atoms with Crippen molar-refractivity contribution in [2.75, 3.05) is 20.6 Å². The van der Waals surface area contributed by atoms with E-state index in [4.69, 9.17) is 0 Å². The molecule has 0 spiro atoms. The number of nitrogens with zero attached hydrogens (tertiary/aromatic N) is 3. The summed E-state index contributed by atoms with van der Waals surface area (Å²) in [5.41, 5.74) is 0.988. The molecule has 1 aromatic heterocycles. The van der Waals surface area contributed by atoms with Gasteiger partial charge < -0.3 is 4.90 Å². The Hall–Kier alpha value is -1.36. The van der Waals surface area contributed by atoms with E-state index >= 15 is 0 Å². The van der Waals surface area contributed by atoms with Gasteiger partial charge in [-0.15, -0.1) is 0 Å². The maximum Gasteiger partial charge on any atom is 0.237 e. The van der Waals surface area contributed by atoms with Crippen LogP contribution in [-0.4, -0.2) is 46.7 Å². The Morgan fingerprint density at radius 2 is 2.38 bits per heavy atom. The molecule has 0 saturated carbocycles. The summed E-state index contributed by atoms with van der Waals surface area (Å²) in [6, 6.07) is 3.83. The lowest BCUT2D eigenvalue weighted by molar-refractivity contribution is -0.127. The summed E-state index contributed by atoms with van der Waals surface area (Å²) in [5, 5.41) is 0.832. The molecule has 1 aromatic rings. The lowest BCUT2D eigenvalue weighted by Crippen LogP contribution is -2.32. The topological polar surface area (TPSA) is 45.6 Å². The smallest absolute Gasteiger partial charge is 0.237 e. The molecule has 0 radical (unpaired) electrons. The highest BCUT2D eigenvalue weighted by Crippen LogP contribution is 2.26. The summed E-state index contributed by atoms with van der Waals surface area (Å²) < 4.78 is 0. The number of thioether (sulfide) groups is 1. The number of aromatic nitrogens is 1. The summed E-state index contributed by atoms with van der Waals surface area (Å²) in [4.78, 5) is 21.8. The second-order valence-corrected chi connectivity index (χ2v) is 4.92. The van der Waals surface area contributed by atoms with Crippen LogP contribution in [0.5, 0.6) is 0 Å². The number of pyridine rings is 1. The molecule has 0 aliphatic carbocycles. The third kappa shape index (κ3) is 2.24. The molecule has 1 aliphatic rings. The molecule has 1 unspecified atom stereocenters. The van der Waals surface area contributed by atoms with Crippen molar-refractivity contribution in [2.45, 2.75) is 5.25 Å². The monoisotopic (exact) mass is 235 g/mol. The van der Waals surface area contributed by atoms with Crippen molar-refractivity contribution in [3.63, 3.8) is 0 Å². The molecule has 1 atom stereocenters. The van der Waals surface area contributed by atoms with Crippen LogP contribution in [0.3, 0.4) is 0 Å². The molecule has 5 heteroatoms. The van der Waals surface area contributed by atoms with Gasteiger partial charge in [0, 0.05) is 32.1 Å². The quantitative estimate of drug-likeness (QED) is 0.769. The van der Waals surface area contributed by atoms with E-state index in [0.29, 0.717) is 6.54 Å². The summed E-state index contributed by atoms with van der Waals surface area (Å²) in [6.45, 7) is 0.561. The van der Waals surface area contributed by atoms with Gasteiger partial charge >= 0.3 is 0 Å². The molecule has 2 rings (SSSR count). The molecule has 16 heavy (non-hydrogen) atoms. The first-order valence-electron chi connectivity index (χ1n) is 5.01. The minimum Gasteiger partial charge on any atom is -0.348 e. The second-order valence-electron chi connectivity index (χ2n) is 3.73. The first-order valence-corrected chi connectivity index (χ1v) is 5.89. The summed E-state index contributed by atoms with van der Waals surface area (Å²) in [5.74, 6) is 0.118. The summed E-state index contributed by atoms with van der Waals surface area (Å²) in [7, 11) is 3.54. The van der Waals surface area contributed by atoms with Crippen LogP contribution < -0.4 is 0 Å². The van der Waals surface area contributed by atoms with Gasteiger partial charge in [0.15, 0.2) is 0 Å². The molecule has 0 saturated heterocycles. The van der Waals surface area contributed by atoms with Crippen molar-refractivity contribution in [3.05, 3.63) is 30.1 Å². The van der Waals surface area contributed by atoms with Gasteiger partial charge in [0.1, 0.15) is 10.3 Å². The van der Waals surface area contributed by atoms with Gasteiger partial charge in [0.05, 0.1) is 6.54 Å². The van der Waals surface area contributed by atoms with Gasteiger partial charge in [-0.2, -0.15) is 0 Å². The van der Waals surface area contributed by atoms with Crippen LogP contribution in [0.2, 0.25) is 0 Å². The fourth-order valence-corrected chi connectivity index (χ4v) is 2.58. The molecular formula is C11H13N3OS. The van der Waals surface area contributed by atoms with E-state index in [2.05, 4.69) is 9.98 Å². The zero-order chi connectivity index (χ0) is 11.5. The number of carbonyl (C=O) groups excluding carboxylic acids is 1.